The predicted octanol–water partition coefficient (Wildman–Crippen LogP) is 4.04. The van der Waals surface area contributed by atoms with E-state index in [2.05, 4.69) is 22.2 Å². The van der Waals surface area contributed by atoms with Crippen molar-refractivity contribution >= 4 is 23.3 Å². The summed E-state index contributed by atoms with van der Waals surface area (Å²) in [5.74, 6) is 0. The van der Waals surface area contributed by atoms with Gasteiger partial charge in [-0.05, 0) is 34.9 Å². The van der Waals surface area contributed by atoms with Crippen LogP contribution in [0.3, 0.4) is 0 Å². The first kappa shape index (κ1) is 15.0. The van der Waals surface area contributed by atoms with Crippen molar-refractivity contribution in [2.75, 3.05) is 0 Å². The van der Waals surface area contributed by atoms with Crippen molar-refractivity contribution in [3.63, 3.8) is 0 Å². The van der Waals surface area contributed by atoms with Gasteiger partial charge in [-0.15, -0.1) is 0 Å². The van der Waals surface area contributed by atoms with E-state index in [-0.39, 0.29) is 0 Å². The van der Waals surface area contributed by atoms with E-state index in [4.69, 9.17) is 16.9 Å². The van der Waals surface area contributed by atoms with Crippen LogP contribution < -0.4 is 0 Å². The largest absolute Gasteiger partial charge is 0.249 e. The number of aromatic nitrogens is 3. The first-order chi connectivity index (χ1) is 11.3. The van der Waals surface area contributed by atoms with Crippen LogP contribution >= 0.6 is 11.6 Å². The molecule has 0 N–H and O–H groups in total. The van der Waals surface area contributed by atoms with E-state index in [1.54, 1.807) is 23.1 Å². The van der Waals surface area contributed by atoms with Crippen LogP contribution in [0.5, 0.6) is 0 Å². The highest BCUT2D eigenvalue weighted by Gasteiger charge is 2.09. The van der Waals surface area contributed by atoms with Gasteiger partial charge in [0.25, 0.3) is 0 Å². The number of nitrogens with zero attached hydrogens (tertiary/aromatic N) is 4. The lowest BCUT2D eigenvalue weighted by Crippen LogP contribution is -2.02. The number of rotatable bonds is 4. The monoisotopic (exact) mass is 320 g/mol. The molecular weight excluding hydrogens is 308 g/mol. The van der Waals surface area contributed by atoms with E-state index in [0.29, 0.717) is 17.1 Å². The molecule has 3 rings (SSSR count). The number of benzene rings is 2. The third-order valence-electron chi connectivity index (χ3n) is 3.38. The Bertz CT molecular complexity index is 862. The van der Waals surface area contributed by atoms with Gasteiger partial charge >= 0.3 is 0 Å². The van der Waals surface area contributed by atoms with Gasteiger partial charge in [0.1, 0.15) is 12.7 Å². The summed E-state index contributed by atoms with van der Waals surface area (Å²) in [4.78, 5) is 3.97. The summed E-state index contributed by atoms with van der Waals surface area (Å²) in [6.45, 7) is 0.542. The van der Waals surface area contributed by atoms with Gasteiger partial charge in [0.15, 0.2) is 0 Å². The fourth-order valence-corrected chi connectivity index (χ4v) is 2.59. The zero-order valence-corrected chi connectivity index (χ0v) is 13.0. The summed E-state index contributed by atoms with van der Waals surface area (Å²) >= 11 is 6.37. The average Bonchev–Trinajstić information content (AvgIpc) is 3.08. The molecule has 0 aliphatic carbocycles. The van der Waals surface area contributed by atoms with Crippen LogP contribution in [0.25, 0.3) is 11.6 Å². The van der Waals surface area contributed by atoms with E-state index >= 15 is 0 Å². The second-order valence-corrected chi connectivity index (χ2v) is 5.39. The Kier molecular flexibility index (Phi) is 4.51. The van der Waals surface area contributed by atoms with Gasteiger partial charge in [0.05, 0.1) is 18.2 Å². The molecule has 0 aliphatic rings. The van der Waals surface area contributed by atoms with E-state index in [0.717, 1.165) is 16.7 Å². The highest BCUT2D eigenvalue weighted by Crippen LogP contribution is 2.28. The molecule has 1 aromatic heterocycles. The molecule has 0 saturated carbocycles. The lowest BCUT2D eigenvalue weighted by atomic mass is 10.0. The van der Waals surface area contributed by atoms with Gasteiger partial charge in [-0.25, -0.2) is 9.67 Å². The summed E-state index contributed by atoms with van der Waals surface area (Å²) in [5, 5.41) is 13.7. The summed E-state index contributed by atoms with van der Waals surface area (Å²) < 4.78 is 1.74. The summed E-state index contributed by atoms with van der Waals surface area (Å²) in [5.41, 5.74) is 3.49. The van der Waals surface area contributed by atoms with Crippen LogP contribution in [0.1, 0.15) is 16.7 Å². The van der Waals surface area contributed by atoms with Gasteiger partial charge in [0.2, 0.25) is 0 Å². The van der Waals surface area contributed by atoms with Crippen molar-refractivity contribution in [2.45, 2.75) is 6.54 Å². The van der Waals surface area contributed by atoms with Crippen LogP contribution in [0.2, 0.25) is 5.02 Å². The zero-order valence-electron chi connectivity index (χ0n) is 12.2. The molecule has 0 fully saturated rings. The third-order valence-corrected chi connectivity index (χ3v) is 3.70. The van der Waals surface area contributed by atoms with Gasteiger partial charge in [-0.1, -0.05) is 48.0 Å². The molecular formula is C18H13ClN4. The van der Waals surface area contributed by atoms with Crippen molar-refractivity contribution in [2.24, 2.45) is 0 Å². The molecule has 3 aromatic rings. The fraction of sp³-hybridized carbons (Fsp3) is 0.0556. The zero-order chi connectivity index (χ0) is 16.1. The fourth-order valence-electron chi connectivity index (χ4n) is 2.29. The molecule has 0 aliphatic heterocycles. The van der Waals surface area contributed by atoms with E-state index in [9.17, 15) is 0 Å². The maximum atomic E-state index is 8.99. The minimum atomic E-state index is 0.540. The van der Waals surface area contributed by atoms with E-state index in [1.165, 1.54) is 6.33 Å². The Balaban J connectivity index is 2.05. The first-order valence-electron chi connectivity index (χ1n) is 7.04. The molecule has 0 unspecified atom stereocenters. The molecule has 112 valence electrons. The van der Waals surface area contributed by atoms with E-state index < -0.39 is 0 Å². The molecule has 0 spiro atoms. The molecule has 23 heavy (non-hydrogen) atoms. The van der Waals surface area contributed by atoms with Crippen molar-refractivity contribution in [1.29, 1.82) is 5.26 Å². The molecule has 0 radical (unpaired) electrons. The molecule has 2 aromatic carbocycles. The van der Waals surface area contributed by atoms with Crippen molar-refractivity contribution < 1.29 is 0 Å². The van der Waals surface area contributed by atoms with Crippen LogP contribution in [-0.2, 0) is 6.54 Å². The molecule has 0 saturated heterocycles. The minimum absolute atomic E-state index is 0.540. The summed E-state index contributed by atoms with van der Waals surface area (Å²) in [6, 6.07) is 17.4. The number of nitriles is 1. The van der Waals surface area contributed by atoms with Gasteiger partial charge < -0.3 is 0 Å². The molecule has 1 heterocycles. The molecule has 0 amide bonds. The Hall–Kier alpha value is -2.90. The molecule has 5 heteroatoms. The van der Waals surface area contributed by atoms with Crippen LogP contribution in [0, 0.1) is 11.3 Å². The quantitative estimate of drug-likeness (QED) is 0.682. The summed E-state index contributed by atoms with van der Waals surface area (Å²) in [6.07, 6.45) is 5.23. The smallest absolute Gasteiger partial charge is 0.137 e. The Labute approximate surface area is 139 Å². The van der Waals surface area contributed by atoms with Crippen molar-refractivity contribution in [3.05, 3.63) is 82.9 Å². The maximum Gasteiger partial charge on any atom is 0.137 e. The highest BCUT2D eigenvalue weighted by atomic mass is 35.5. The SMILES string of the molecule is N#Cc1ccc(/C(=C\c2ccccc2)Cn2cncn2)c(Cl)c1. The average molecular weight is 321 g/mol. The highest BCUT2D eigenvalue weighted by molar-refractivity contribution is 6.32. The summed E-state index contributed by atoms with van der Waals surface area (Å²) in [7, 11) is 0. The molecule has 0 atom stereocenters. The number of halogens is 1. The number of allylic oxidation sites excluding steroid dienone is 1. The van der Waals surface area contributed by atoms with Crippen molar-refractivity contribution in [3.8, 4) is 6.07 Å². The molecule has 4 nitrogen and oxygen atoms in total. The Morgan fingerprint density at radius 1 is 1.22 bits per heavy atom. The van der Waals surface area contributed by atoms with Crippen LogP contribution in [-0.4, -0.2) is 14.8 Å². The topological polar surface area (TPSA) is 54.5 Å². The predicted molar refractivity (Wildman–Crippen MR) is 90.5 cm³/mol. The van der Waals surface area contributed by atoms with Crippen molar-refractivity contribution in [1.82, 2.24) is 14.8 Å². The van der Waals surface area contributed by atoms with Gasteiger partial charge in [0, 0.05) is 5.02 Å². The number of hydrogen-bond donors (Lipinski definition) is 0. The van der Waals surface area contributed by atoms with E-state index in [1.807, 2.05) is 36.4 Å². The van der Waals surface area contributed by atoms with Gasteiger partial charge in [-0.3, -0.25) is 0 Å². The minimum Gasteiger partial charge on any atom is -0.249 e. The Morgan fingerprint density at radius 2 is 2.04 bits per heavy atom. The first-order valence-corrected chi connectivity index (χ1v) is 7.42. The normalized spacial score (nSPS) is 11.2. The number of hydrogen-bond acceptors (Lipinski definition) is 3. The standard InChI is InChI=1S/C18H13ClN4/c19-18-9-15(10-20)6-7-17(18)16(11-23-13-21-12-22-23)8-14-4-2-1-3-5-14/h1-9,12-13H,11H2/b16-8-. The lowest BCUT2D eigenvalue weighted by Gasteiger charge is -2.11. The second kappa shape index (κ2) is 6.91. The van der Waals surface area contributed by atoms with Crippen LogP contribution in [0.15, 0.2) is 61.2 Å². The molecule has 0 bridgehead atoms. The van der Waals surface area contributed by atoms with Crippen LogP contribution in [0.4, 0.5) is 0 Å². The maximum absolute atomic E-state index is 8.99. The second-order valence-electron chi connectivity index (χ2n) is 4.98. The lowest BCUT2D eigenvalue weighted by molar-refractivity contribution is 0.711. The van der Waals surface area contributed by atoms with Gasteiger partial charge in [-0.2, -0.15) is 10.4 Å². The third kappa shape index (κ3) is 3.65. The Morgan fingerprint density at radius 3 is 2.70 bits per heavy atom.